The molecule has 110 valence electrons. The molecule has 1 aliphatic rings. The summed E-state index contributed by atoms with van der Waals surface area (Å²) in [6, 6.07) is 11.5. The lowest BCUT2D eigenvalue weighted by molar-refractivity contribution is 0.299. The smallest absolute Gasteiger partial charge is 0.127 e. The third-order valence-corrected chi connectivity index (χ3v) is 4.12. The van der Waals surface area contributed by atoms with Crippen LogP contribution in [0.1, 0.15) is 17.2 Å². The molecule has 0 bridgehead atoms. The number of hydrogen-bond acceptors (Lipinski definition) is 3. The average Bonchev–Trinajstić information content (AvgIpc) is 2.90. The SMILES string of the molecule is CNC1COc2cc(OCc3cc(Cl)ccc3Cl)ccc21. The third-order valence-electron chi connectivity index (χ3n) is 3.52. The van der Waals surface area contributed by atoms with Crippen LogP contribution >= 0.6 is 23.2 Å². The van der Waals surface area contributed by atoms with Crippen LogP contribution in [0.25, 0.3) is 0 Å². The standard InChI is InChI=1S/C16H15Cl2NO2/c1-19-15-9-21-16-7-12(3-4-13(15)16)20-8-10-6-11(17)2-5-14(10)18/h2-7,15,19H,8-9H2,1H3. The van der Waals surface area contributed by atoms with Gasteiger partial charge < -0.3 is 14.8 Å². The summed E-state index contributed by atoms with van der Waals surface area (Å²) in [6.45, 7) is 1.02. The monoisotopic (exact) mass is 323 g/mol. The lowest BCUT2D eigenvalue weighted by atomic mass is 10.1. The van der Waals surface area contributed by atoms with E-state index in [1.807, 2.05) is 31.3 Å². The van der Waals surface area contributed by atoms with Crippen LogP contribution < -0.4 is 14.8 Å². The first-order valence-electron chi connectivity index (χ1n) is 6.68. The maximum Gasteiger partial charge on any atom is 0.127 e. The minimum atomic E-state index is 0.247. The van der Waals surface area contributed by atoms with Crippen molar-refractivity contribution in [2.24, 2.45) is 0 Å². The second-order valence-corrected chi connectivity index (χ2v) is 5.72. The zero-order valence-corrected chi connectivity index (χ0v) is 13.0. The number of ether oxygens (including phenoxy) is 2. The number of halogens is 2. The largest absolute Gasteiger partial charge is 0.491 e. The fourth-order valence-electron chi connectivity index (χ4n) is 2.33. The fourth-order valence-corrected chi connectivity index (χ4v) is 2.70. The molecule has 1 N–H and O–H groups in total. The van der Waals surface area contributed by atoms with Gasteiger partial charge in [0, 0.05) is 27.2 Å². The van der Waals surface area contributed by atoms with Crippen LogP contribution in [0.3, 0.4) is 0 Å². The van der Waals surface area contributed by atoms with Crippen molar-refractivity contribution < 1.29 is 9.47 Å². The van der Waals surface area contributed by atoms with Crippen LogP contribution in [-0.2, 0) is 6.61 Å². The molecular formula is C16H15Cl2NO2. The van der Waals surface area contributed by atoms with E-state index in [0.29, 0.717) is 23.3 Å². The summed E-state index contributed by atoms with van der Waals surface area (Å²) in [7, 11) is 1.93. The quantitative estimate of drug-likeness (QED) is 0.913. The third kappa shape index (κ3) is 3.10. The van der Waals surface area contributed by atoms with E-state index in [1.165, 1.54) is 0 Å². The second kappa shape index (κ2) is 6.14. The van der Waals surface area contributed by atoms with Gasteiger partial charge in [0.15, 0.2) is 0 Å². The number of likely N-dealkylation sites (N-methyl/N-ethyl adjacent to an activating group) is 1. The fraction of sp³-hybridized carbons (Fsp3) is 0.250. The number of hydrogen-bond donors (Lipinski definition) is 1. The first kappa shape index (κ1) is 14.5. The zero-order chi connectivity index (χ0) is 14.8. The molecule has 0 amide bonds. The molecule has 0 aromatic heterocycles. The molecule has 3 nitrogen and oxygen atoms in total. The molecule has 0 saturated heterocycles. The molecule has 0 saturated carbocycles. The van der Waals surface area contributed by atoms with Gasteiger partial charge in [-0.3, -0.25) is 0 Å². The molecular weight excluding hydrogens is 309 g/mol. The van der Waals surface area contributed by atoms with Crippen LogP contribution in [-0.4, -0.2) is 13.7 Å². The number of nitrogens with one attached hydrogen (secondary N) is 1. The molecule has 2 aromatic carbocycles. The Morgan fingerprint density at radius 1 is 1.24 bits per heavy atom. The minimum Gasteiger partial charge on any atom is -0.491 e. The van der Waals surface area contributed by atoms with E-state index in [0.717, 1.165) is 22.6 Å². The minimum absolute atomic E-state index is 0.247. The number of fused-ring (bicyclic) bond motifs is 1. The highest BCUT2D eigenvalue weighted by Gasteiger charge is 2.22. The van der Waals surface area contributed by atoms with Crippen LogP contribution in [0.15, 0.2) is 36.4 Å². The summed E-state index contributed by atoms with van der Waals surface area (Å²) in [5, 5.41) is 4.50. The van der Waals surface area contributed by atoms with Gasteiger partial charge in [-0.2, -0.15) is 0 Å². The van der Waals surface area contributed by atoms with Gasteiger partial charge in [-0.1, -0.05) is 23.2 Å². The second-order valence-electron chi connectivity index (χ2n) is 4.88. The average molecular weight is 324 g/mol. The van der Waals surface area contributed by atoms with E-state index in [4.69, 9.17) is 32.7 Å². The van der Waals surface area contributed by atoms with E-state index in [2.05, 4.69) is 5.32 Å². The normalized spacial score (nSPS) is 16.4. The maximum atomic E-state index is 6.12. The topological polar surface area (TPSA) is 30.5 Å². The van der Waals surface area contributed by atoms with Crippen LogP contribution in [0.5, 0.6) is 11.5 Å². The summed E-state index contributed by atoms with van der Waals surface area (Å²) < 4.78 is 11.4. The first-order valence-corrected chi connectivity index (χ1v) is 7.43. The van der Waals surface area contributed by atoms with Gasteiger partial charge in [-0.15, -0.1) is 0 Å². The highest BCUT2D eigenvalue weighted by molar-refractivity contribution is 6.33. The highest BCUT2D eigenvalue weighted by atomic mass is 35.5. The van der Waals surface area contributed by atoms with Gasteiger partial charge in [0.2, 0.25) is 0 Å². The Morgan fingerprint density at radius 3 is 2.90 bits per heavy atom. The summed E-state index contributed by atoms with van der Waals surface area (Å²) in [5.74, 6) is 1.62. The molecule has 1 heterocycles. The molecule has 1 aliphatic heterocycles. The van der Waals surface area contributed by atoms with Crippen molar-refractivity contribution in [3.8, 4) is 11.5 Å². The number of benzene rings is 2. The van der Waals surface area contributed by atoms with Crippen molar-refractivity contribution in [1.82, 2.24) is 5.32 Å². The van der Waals surface area contributed by atoms with Gasteiger partial charge in [-0.25, -0.2) is 0 Å². The van der Waals surface area contributed by atoms with E-state index in [1.54, 1.807) is 12.1 Å². The van der Waals surface area contributed by atoms with Gasteiger partial charge in [0.25, 0.3) is 0 Å². The van der Waals surface area contributed by atoms with Crippen molar-refractivity contribution in [3.05, 3.63) is 57.6 Å². The maximum absolute atomic E-state index is 6.12. The Labute approximate surface area is 133 Å². The predicted molar refractivity (Wildman–Crippen MR) is 84.5 cm³/mol. The predicted octanol–water partition coefficient (Wildman–Crippen LogP) is 4.23. The summed E-state index contributed by atoms with van der Waals surface area (Å²) in [4.78, 5) is 0. The summed E-state index contributed by atoms with van der Waals surface area (Å²) >= 11 is 12.1. The Bertz CT molecular complexity index is 661. The van der Waals surface area contributed by atoms with Crippen molar-refractivity contribution in [3.63, 3.8) is 0 Å². The van der Waals surface area contributed by atoms with Crippen molar-refractivity contribution >= 4 is 23.2 Å². The Kier molecular flexibility index (Phi) is 4.24. The molecule has 21 heavy (non-hydrogen) atoms. The Hall–Kier alpha value is -1.42. The summed E-state index contributed by atoms with van der Waals surface area (Å²) in [6.07, 6.45) is 0. The number of rotatable bonds is 4. The molecule has 1 atom stereocenters. The zero-order valence-electron chi connectivity index (χ0n) is 11.5. The molecule has 5 heteroatoms. The first-order chi connectivity index (χ1) is 10.2. The van der Waals surface area contributed by atoms with Gasteiger partial charge in [-0.05, 0) is 37.4 Å². The van der Waals surface area contributed by atoms with Crippen molar-refractivity contribution in [1.29, 1.82) is 0 Å². The highest BCUT2D eigenvalue weighted by Crippen LogP contribution is 2.35. The molecule has 1 unspecified atom stereocenters. The van der Waals surface area contributed by atoms with Gasteiger partial charge in [0.05, 0.1) is 6.04 Å². The molecule has 0 fully saturated rings. The summed E-state index contributed by atoms with van der Waals surface area (Å²) in [5.41, 5.74) is 2.02. The lowest BCUT2D eigenvalue weighted by Gasteiger charge is -2.10. The van der Waals surface area contributed by atoms with E-state index in [9.17, 15) is 0 Å². The molecule has 2 aromatic rings. The Balaban J connectivity index is 1.73. The molecule has 3 rings (SSSR count). The van der Waals surface area contributed by atoms with Crippen molar-refractivity contribution in [2.45, 2.75) is 12.6 Å². The van der Waals surface area contributed by atoms with E-state index < -0.39 is 0 Å². The lowest BCUT2D eigenvalue weighted by Crippen LogP contribution is -2.17. The molecule has 0 spiro atoms. The van der Waals surface area contributed by atoms with Gasteiger partial charge >= 0.3 is 0 Å². The van der Waals surface area contributed by atoms with Crippen LogP contribution in [0, 0.1) is 0 Å². The molecule has 0 radical (unpaired) electrons. The Morgan fingerprint density at radius 2 is 2.10 bits per heavy atom. The van der Waals surface area contributed by atoms with E-state index >= 15 is 0 Å². The molecule has 0 aliphatic carbocycles. The van der Waals surface area contributed by atoms with Crippen molar-refractivity contribution in [2.75, 3.05) is 13.7 Å². The van der Waals surface area contributed by atoms with Crippen LogP contribution in [0.2, 0.25) is 10.0 Å². The van der Waals surface area contributed by atoms with E-state index in [-0.39, 0.29) is 6.04 Å². The van der Waals surface area contributed by atoms with Gasteiger partial charge in [0.1, 0.15) is 24.7 Å². The van der Waals surface area contributed by atoms with Crippen LogP contribution in [0.4, 0.5) is 0 Å².